The molecule has 0 atom stereocenters. The van der Waals surface area contributed by atoms with Crippen LogP contribution < -0.4 is 5.73 Å². The predicted octanol–water partition coefficient (Wildman–Crippen LogP) is 0.656. The van der Waals surface area contributed by atoms with Crippen LogP contribution in [0.2, 0.25) is 0 Å². The fourth-order valence-corrected chi connectivity index (χ4v) is 0. The molecule has 1 radical (unpaired) electrons. The van der Waals surface area contributed by atoms with Gasteiger partial charge in [-0.25, -0.2) is 0 Å². The van der Waals surface area contributed by atoms with Crippen LogP contribution >= 0.6 is 0 Å². The van der Waals surface area contributed by atoms with Crippen molar-refractivity contribution in [3.05, 3.63) is 7.43 Å². The molecule has 0 bridgehead atoms. The predicted molar refractivity (Wildman–Crippen MR) is 23.3 cm³/mol. The van der Waals surface area contributed by atoms with Crippen molar-refractivity contribution in [3.8, 4) is 0 Å². The molecule has 0 saturated carbocycles. The maximum absolute atomic E-state index is 4.50. The van der Waals surface area contributed by atoms with E-state index in [9.17, 15) is 0 Å². The number of hydrogen-bond donors (Lipinski definition) is 1. The maximum atomic E-state index is 4.50. The van der Waals surface area contributed by atoms with Crippen molar-refractivity contribution in [2.75, 3.05) is 7.05 Å². The average Bonchev–Trinajstić information content (AvgIpc) is 1.00. The van der Waals surface area contributed by atoms with E-state index in [1.807, 2.05) is 0 Å². The smallest absolute Gasteiger partial charge is 0 e. The van der Waals surface area contributed by atoms with Gasteiger partial charge in [-0.3, -0.25) is 0 Å². The summed E-state index contributed by atoms with van der Waals surface area (Å²) in [6.45, 7) is 0. The first-order valence-electron chi connectivity index (χ1n) is 0.577. The quantitative estimate of drug-likeness (QED) is 0.647. The Morgan fingerprint density at radius 2 is 1.17 bits per heavy atom. The Labute approximate surface area is 80.6 Å². The van der Waals surface area contributed by atoms with Crippen LogP contribution in [-0.2, 0) is 53.8 Å². The first-order valence-corrected chi connectivity index (χ1v) is 0.577. The Morgan fingerprint density at radius 1 is 1.17 bits per heavy atom. The van der Waals surface area contributed by atoms with Gasteiger partial charge in [0, 0.05) is 53.8 Å². The second-order valence-electron chi connectivity index (χ2n) is 0. The van der Waals surface area contributed by atoms with Gasteiger partial charge < -0.3 is 13.2 Å². The summed E-state index contributed by atoms with van der Waals surface area (Å²) in [4.78, 5) is 0. The molecule has 0 fully saturated rings. The van der Waals surface area contributed by atoms with Crippen molar-refractivity contribution in [1.29, 1.82) is 0 Å². The second-order valence-corrected chi connectivity index (χ2v) is 0. The molecule has 1 nitrogen and oxygen atoms in total. The molecule has 0 saturated heterocycles. The summed E-state index contributed by atoms with van der Waals surface area (Å²) in [5.74, 6) is 0. The van der Waals surface area contributed by atoms with Gasteiger partial charge in [0.05, 0.1) is 0 Å². The fourth-order valence-electron chi connectivity index (χ4n) is 0. The van der Waals surface area contributed by atoms with Gasteiger partial charge in [-0.05, 0) is 7.05 Å². The molecule has 2 N–H and O–H groups in total. The van der Waals surface area contributed by atoms with Gasteiger partial charge in [0.2, 0.25) is 0 Å². The van der Waals surface area contributed by atoms with E-state index in [1.54, 1.807) is 0 Å². The molecule has 3 heteroatoms. The molecule has 0 aromatic heterocycles. The summed E-state index contributed by atoms with van der Waals surface area (Å²) in [6.07, 6.45) is 0. The normalized spacial score (nSPS) is 1.00. The molecule has 0 spiro atoms. The first kappa shape index (κ1) is 46.7. The molecule has 0 unspecified atom stereocenters. The SMILES string of the molecule is C.CN.[CH3-].[W].[Y]. The van der Waals surface area contributed by atoms with Gasteiger partial charge >= 0.3 is 0 Å². The summed E-state index contributed by atoms with van der Waals surface area (Å²) in [6, 6.07) is 0. The summed E-state index contributed by atoms with van der Waals surface area (Å²) in [5, 5.41) is 0. The summed E-state index contributed by atoms with van der Waals surface area (Å²) >= 11 is 0. The van der Waals surface area contributed by atoms with Gasteiger partial charge in [0.15, 0.2) is 0 Å². The van der Waals surface area contributed by atoms with Gasteiger partial charge in [0.1, 0.15) is 0 Å². The van der Waals surface area contributed by atoms with Gasteiger partial charge in [-0.15, -0.1) is 0 Å². The molecule has 0 heterocycles. The Kier molecular flexibility index (Phi) is 566. The average molecular weight is 335 g/mol. The third-order valence-electron chi connectivity index (χ3n) is 0. The van der Waals surface area contributed by atoms with E-state index in [2.05, 4.69) is 5.73 Å². The maximum Gasteiger partial charge on any atom is 0 e. The number of hydrogen-bond acceptors (Lipinski definition) is 1. The molecule has 0 aliphatic rings. The molecule has 0 aromatic rings. The first-order chi connectivity index (χ1) is 1.00. The zero-order valence-corrected chi connectivity index (χ0v) is 9.33. The van der Waals surface area contributed by atoms with E-state index in [0.29, 0.717) is 0 Å². The largest absolute Gasteiger partial charge is 0.358 e. The Balaban J connectivity index is -0.000000000833. The zero-order valence-electron chi connectivity index (χ0n) is 3.56. The van der Waals surface area contributed by atoms with Crippen molar-refractivity contribution in [3.63, 3.8) is 0 Å². The van der Waals surface area contributed by atoms with E-state index in [0.717, 1.165) is 0 Å². The second kappa shape index (κ2) is 72.8. The number of rotatable bonds is 0. The third kappa shape index (κ3) is 42.3. The van der Waals surface area contributed by atoms with Crippen molar-refractivity contribution < 1.29 is 53.8 Å². The molecule has 0 aliphatic carbocycles. The van der Waals surface area contributed by atoms with Crippen LogP contribution in [0, 0.1) is 7.43 Å². The zero-order chi connectivity index (χ0) is 2.00. The molecule has 0 amide bonds. The molecule has 0 aliphatic heterocycles. The van der Waals surface area contributed by atoms with Crippen molar-refractivity contribution >= 4 is 0 Å². The van der Waals surface area contributed by atoms with Crippen LogP contribution in [0.3, 0.4) is 0 Å². The standard InChI is InChI=1S/CH5N.CH4.CH3.W.Y/c1-2;;;;/h2H2,1H3;1H4;1H3;;/q;;-1;;. The summed E-state index contributed by atoms with van der Waals surface area (Å²) in [7, 11) is 1.50. The van der Waals surface area contributed by atoms with Gasteiger partial charge in [0.25, 0.3) is 0 Å². The molecule has 0 rings (SSSR count). The monoisotopic (exact) mass is 335 g/mol. The Hall–Kier alpha value is 1.75. The van der Waals surface area contributed by atoms with Crippen LogP contribution in [0.4, 0.5) is 0 Å². The minimum absolute atomic E-state index is 0. The van der Waals surface area contributed by atoms with E-state index in [4.69, 9.17) is 0 Å². The van der Waals surface area contributed by atoms with Crippen LogP contribution in [0.5, 0.6) is 0 Å². The fraction of sp³-hybridized carbons (Fsp3) is 0.667. The molecule has 39 valence electrons. The molecular weight excluding hydrogens is 323 g/mol. The van der Waals surface area contributed by atoms with Crippen LogP contribution in [0.15, 0.2) is 0 Å². The summed E-state index contributed by atoms with van der Waals surface area (Å²) in [5.41, 5.74) is 4.50. The number of nitrogens with two attached hydrogens (primary N) is 1. The summed E-state index contributed by atoms with van der Waals surface area (Å²) < 4.78 is 0. The van der Waals surface area contributed by atoms with Gasteiger partial charge in [-0.1, -0.05) is 7.43 Å². The van der Waals surface area contributed by atoms with Crippen molar-refractivity contribution in [2.45, 2.75) is 7.43 Å². The Bertz CT molecular complexity index is 10.8. The van der Waals surface area contributed by atoms with Gasteiger partial charge in [-0.2, -0.15) is 0 Å². The molecule has 6 heavy (non-hydrogen) atoms. The van der Waals surface area contributed by atoms with Crippen molar-refractivity contribution in [2.24, 2.45) is 5.73 Å². The van der Waals surface area contributed by atoms with Crippen molar-refractivity contribution in [1.82, 2.24) is 0 Å². The van der Waals surface area contributed by atoms with E-state index in [-0.39, 0.29) is 68.6 Å². The molecular formula is C3H12NWY-. The van der Waals surface area contributed by atoms with E-state index >= 15 is 0 Å². The van der Waals surface area contributed by atoms with Crippen LogP contribution in [0.25, 0.3) is 0 Å². The van der Waals surface area contributed by atoms with E-state index < -0.39 is 0 Å². The minimum atomic E-state index is 0. The van der Waals surface area contributed by atoms with Crippen LogP contribution in [-0.4, -0.2) is 7.05 Å². The Morgan fingerprint density at radius 3 is 1.17 bits per heavy atom. The molecule has 0 aromatic carbocycles. The topological polar surface area (TPSA) is 26.0 Å². The van der Waals surface area contributed by atoms with Crippen LogP contribution in [0.1, 0.15) is 7.43 Å². The minimum Gasteiger partial charge on any atom is -0.358 e. The third-order valence-corrected chi connectivity index (χ3v) is 0. The van der Waals surface area contributed by atoms with E-state index in [1.165, 1.54) is 7.05 Å².